The van der Waals surface area contributed by atoms with E-state index < -0.39 is 10.8 Å². The second kappa shape index (κ2) is 4.83. The highest BCUT2D eigenvalue weighted by Crippen LogP contribution is 2.25. The van der Waals surface area contributed by atoms with Crippen LogP contribution in [0.15, 0.2) is 23.4 Å². The lowest BCUT2D eigenvalue weighted by atomic mass is 10.4. The van der Waals surface area contributed by atoms with E-state index in [2.05, 4.69) is 4.98 Å². The van der Waals surface area contributed by atoms with E-state index in [9.17, 15) is 9.00 Å². The molecule has 0 bridgehead atoms. The van der Waals surface area contributed by atoms with E-state index >= 15 is 0 Å². The number of carbonyl (C=O) groups excluding carboxylic acids is 1. The first-order valence-electron chi connectivity index (χ1n) is 5.44. The number of anilines is 1. The summed E-state index contributed by atoms with van der Waals surface area (Å²) in [6.45, 7) is 0. The molecule has 1 unspecified atom stereocenters. The maximum absolute atomic E-state index is 11.9. The van der Waals surface area contributed by atoms with Crippen LogP contribution in [0.5, 0.6) is 0 Å². The van der Waals surface area contributed by atoms with Crippen LogP contribution in [0.25, 0.3) is 0 Å². The molecule has 1 heterocycles. The van der Waals surface area contributed by atoms with Crippen molar-refractivity contribution >= 4 is 22.4 Å². The summed E-state index contributed by atoms with van der Waals surface area (Å²) in [4.78, 5) is 17.4. The van der Waals surface area contributed by atoms with Crippen LogP contribution in [0.3, 0.4) is 0 Å². The number of aromatic nitrogens is 1. The predicted octanol–water partition coefficient (Wildman–Crippen LogP) is 0.392. The number of nitrogen functional groups attached to an aromatic ring is 1. The van der Waals surface area contributed by atoms with Gasteiger partial charge in [0.15, 0.2) is 5.03 Å². The quantitative estimate of drug-likeness (QED) is 0.842. The van der Waals surface area contributed by atoms with E-state index in [-0.39, 0.29) is 11.7 Å². The van der Waals surface area contributed by atoms with Gasteiger partial charge in [0, 0.05) is 19.3 Å². The lowest BCUT2D eigenvalue weighted by molar-refractivity contribution is -0.127. The van der Waals surface area contributed by atoms with Crippen molar-refractivity contribution in [2.24, 2.45) is 0 Å². The molecule has 5 nitrogen and oxygen atoms in total. The molecular weight excluding hydrogens is 238 g/mol. The average molecular weight is 253 g/mol. The molecule has 17 heavy (non-hydrogen) atoms. The van der Waals surface area contributed by atoms with E-state index in [1.165, 1.54) is 6.20 Å². The number of hydrogen-bond donors (Lipinski definition) is 1. The van der Waals surface area contributed by atoms with Gasteiger partial charge >= 0.3 is 0 Å². The first kappa shape index (κ1) is 12.0. The number of amides is 1. The molecule has 6 heteroatoms. The van der Waals surface area contributed by atoms with Crippen LogP contribution in [0.4, 0.5) is 5.69 Å². The van der Waals surface area contributed by atoms with Gasteiger partial charge in [0.05, 0.1) is 16.5 Å². The smallest absolute Gasteiger partial charge is 0.235 e. The van der Waals surface area contributed by atoms with E-state index in [1.54, 1.807) is 24.1 Å². The van der Waals surface area contributed by atoms with Crippen LogP contribution < -0.4 is 5.73 Å². The number of pyridine rings is 1. The highest BCUT2D eigenvalue weighted by molar-refractivity contribution is 7.85. The van der Waals surface area contributed by atoms with Gasteiger partial charge in [0.25, 0.3) is 0 Å². The van der Waals surface area contributed by atoms with Crippen molar-refractivity contribution in [3.8, 4) is 0 Å². The Balaban J connectivity index is 2.01. The third-order valence-electron chi connectivity index (χ3n) is 2.76. The molecule has 1 aromatic rings. The molecule has 92 valence electrons. The van der Waals surface area contributed by atoms with Crippen molar-refractivity contribution in [1.29, 1.82) is 0 Å². The van der Waals surface area contributed by atoms with Gasteiger partial charge in [-0.2, -0.15) is 0 Å². The van der Waals surface area contributed by atoms with Gasteiger partial charge in [-0.3, -0.25) is 9.00 Å². The standard InChI is InChI=1S/C11H15N3O2S/c1-14(8-4-5-8)10(15)7-17(16)11-9(12)3-2-6-13-11/h2-3,6,8H,4-5,7,12H2,1H3. The molecule has 0 aromatic carbocycles. The van der Waals surface area contributed by atoms with Crippen LogP contribution in [-0.2, 0) is 15.6 Å². The van der Waals surface area contributed by atoms with Gasteiger partial charge < -0.3 is 10.6 Å². The minimum Gasteiger partial charge on any atom is -0.396 e. The summed E-state index contributed by atoms with van der Waals surface area (Å²) < 4.78 is 11.9. The Kier molecular flexibility index (Phi) is 3.42. The molecule has 1 aromatic heterocycles. The molecule has 1 aliphatic rings. The van der Waals surface area contributed by atoms with E-state index in [4.69, 9.17) is 5.73 Å². The Labute approximate surface area is 102 Å². The van der Waals surface area contributed by atoms with Gasteiger partial charge in [-0.1, -0.05) is 0 Å². The Morgan fingerprint density at radius 3 is 2.94 bits per heavy atom. The van der Waals surface area contributed by atoms with Crippen molar-refractivity contribution < 1.29 is 9.00 Å². The predicted molar refractivity (Wildman–Crippen MR) is 65.7 cm³/mol. The normalized spacial score (nSPS) is 16.5. The Hall–Kier alpha value is -1.43. The van der Waals surface area contributed by atoms with Crippen LogP contribution >= 0.6 is 0 Å². The fourth-order valence-electron chi connectivity index (χ4n) is 1.54. The van der Waals surface area contributed by atoms with Crippen LogP contribution in [0, 0.1) is 0 Å². The monoisotopic (exact) mass is 253 g/mol. The molecule has 1 atom stereocenters. The molecular formula is C11H15N3O2S. The van der Waals surface area contributed by atoms with Gasteiger partial charge in [0.2, 0.25) is 5.91 Å². The zero-order chi connectivity index (χ0) is 12.4. The summed E-state index contributed by atoms with van der Waals surface area (Å²) in [6, 6.07) is 3.64. The molecule has 1 saturated carbocycles. The van der Waals surface area contributed by atoms with Gasteiger partial charge in [-0.15, -0.1) is 0 Å². The van der Waals surface area contributed by atoms with E-state index in [0.717, 1.165) is 12.8 Å². The topological polar surface area (TPSA) is 76.3 Å². The number of nitrogens with two attached hydrogens (primary N) is 1. The Morgan fingerprint density at radius 2 is 2.35 bits per heavy atom. The molecule has 2 N–H and O–H groups in total. The number of carbonyl (C=O) groups is 1. The molecule has 0 spiro atoms. The average Bonchev–Trinajstić information content (AvgIpc) is 3.12. The zero-order valence-electron chi connectivity index (χ0n) is 9.63. The van der Waals surface area contributed by atoms with Crippen LogP contribution in [-0.4, -0.2) is 38.8 Å². The summed E-state index contributed by atoms with van der Waals surface area (Å²) in [5.74, 6) is -0.162. The summed E-state index contributed by atoms with van der Waals surface area (Å²) in [5.41, 5.74) is 6.03. The first-order chi connectivity index (χ1) is 8.09. The SMILES string of the molecule is CN(C(=O)CS(=O)c1ncccc1N)C1CC1. The molecule has 1 amide bonds. The second-order valence-electron chi connectivity index (χ2n) is 4.12. The lowest BCUT2D eigenvalue weighted by Crippen LogP contribution is -2.32. The van der Waals surface area contributed by atoms with E-state index in [0.29, 0.717) is 16.8 Å². The van der Waals surface area contributed by atoms with Gasteiger partial charge in [0.1, 0.15) is 5.75 Å². The number of rotatable bonds is 4. The maximum Gasteiger partial charge on any atom is 0.235 e. The van der Waals surface area contributed by atoms with Crippen molar-refractivity contribution in [3.63, 3.8) is 0 Å². The molecule has 0 saturated heterocycles. The van der Waals surface area contributed by atoms with Crippen LogP contribution in [0.1, 0.15) is 12.8 Å². The number of hydrogen-bond acceptors (Lipinski definition) is 4. The van der Waals surface area contributed by atoms with Crippen molar-refractivity contribution in [3.05, 3.63) is 18.3 Å². The molecule has 2 rings (SSSR count). The lowest BCUT2D eigenvalue weighted by Gasteiger charge is -2.15. The highest BCUT2D eigenvalue weighted by atomic mass is 32.2. The molecule has 1 aliphatic carbocycles. The summed E-state index contributed by atoms with van der Waals surface area (Å²) in [6.07, 6.45) is 3.61. The second-order valence-corrected chi connectivity index (χ2v) is 5.49. The van der Waals surface area contributed by atoms with Crippen molar-refractivity contribution in [1.82, 2.24) is 9.88 Å². The third kappa shape index (κ3) is 2.82. The Morgan fingerprint density at radius 1 is 1.65 bits per heavy atom. The zero-order valence-corrected chi connectivity index (χ0v) is 10.4. The van der Waals surface area contributed by atoms with Gasteiger partial charge in [-0.05, 0) is 25.0 Å². The van der Waals surface area contributed by atoms with Crippen LogP contribution in [0.2, 0.25) is 0 Å². The minimum atomic E-state index is -1.46. The molecule has 1 fully saturated rings. The summed E-state index contributed by atoms with van der Waals surface area (Å²) >= 11 is 0. The fourth-order valence-corrected chi connectivity index (χ4v) is 2.62. The van der Waals surface area contributed by atoms with Crippen molar-refractivity contribution in [2.75, 3.05) is 18.5 Å². The minimum absolute atomic E-state index is 0.0474. The maximum atomic E-state index is 11.9. The fraction of sp³-hybridized carbons (Fsp3) is 0.455. The molecule has 0 radical (unpaired) electrons. The largest absolute Gasteiger partial charge is 0.396 e. The number of nitrogens with zero attached hydrogens (tertiary/aromatic N) is 2. The van der Waals surface area contributed by atoms with Crippen molar-refractivity contribution in [2.45, 2.75) is 23.9 Å². The molecule has 0 aliphatic heterocycles. The summed E-state index contributed by atoms with van der Waals surface area (Å²) in [7, 11) is 0.287. The highest BCUT2D eigenvalue weighted by Gasteiger charge is 2.30. The first-order valence-corrected chi connectivity index (χ1v) is 6.76. The van der Waals surface area contributed by atoms with E-state index in [1.807, 2.05) is 0 Å². The third-order valence-corrected chi connectivity index (χ3v) is 4.04. The summed E-state index contributed by atoms with van der Waals surface area (Å²) in [5, 5.41) is 0.296. The Bertz CT molecular complexity index is 460. The van der Waals surface area contributed by atoms with Gasteiger partial charge in [-0.25, -0.2) is 4.98 Å².